The van der Waals surface area contributed by atoms with Crippen molar-refractivity contribution in [1.82, 2.24) is 4.72 Å². The summed E-state index contributed by atoms with van der Waals surface area (Å²) in [6, 6.07) is 3.08. The highest BCUT2D eigenvalue weighted by Gasteiger charge is 2.29. The molecule has 0 bridgehead atoms. The molecular weight excluding hydrogens is 274 g/mol. The van der Waals surface area contributed by atoms with Gasteiger partial charge in [0.05, 0.1) is 11.5 Å². The molecule has 19 heavy (non-hydrogen) atoms. The molecule has 1 atom stereocenters. The minimum atomic E-state index is -3.99. The van der Waals surface area contributed by atoms with E-state index in [4.69, 9.17) is 10.5 Å². The molecule has 0 saturated carbocycles. The van der Waals surface area contributed by atoms with E-state index in [0.717, 1.165) is 12.1 Å². The lowest BCUT2D eigenvalue weighted by Gasteiger charge is -2.11. The van der Waals surface area contributed by atoms with E-state index >= 15 is 0 Å². The summed E-state index contributed by atoms with van der Waals surface area (Å²) in [5.74, 6) is 0. The van der Waals surface area contributed by atoms with E-state index in [1.807, 2.05) is 0 Å². The molecule has 1 unspecified atom stereocenters. The van der Waals surface area contributed by atoms with E-state index in [1.165, 1.54) is 6.07 Å². The van der Waals surface area contributed by atoms with Gasteiger partial charge >= 0.3 is 0 Å². The molecule has 1 aromatic carbocycles. The van der Waals surface area contributed by atoms with Crippen molar-refractivity contribution >= 4 is 21.4 Å². The molecule has 1 aliphatic heterocycles. The summed E-state index contributed by atoms with van der Waals surface area (Å²) in [5.41, 5.74) is 5.14. The Morgan fingerprint density at radius 3 is 2.79 bits per heavy atom. The minimum absolute atomic E-state index is 0.147. The zero-order valence-electron chi connectivity index (χ0n) is 9.90. The Balaban J connectivity index is 2.38. The Bertz CT molecular complexity index is 595. The van der Waals surface area contributed by atoms with Gasteiger partial charge in [-0.15, -0.1) is 0 Å². The van der Waals surface area contributed by atoms with Crippen LogP contribution in [0.2, 0.25) is 0 Å². The van der Waals surface area contributed by atoms with Crippen molar-refractivity contribution in [3.63, 3.8) is 0 Å². The van der Waals surface area contributed by atoms with Crippen molar-refractivity contribution in [2.45, 2.75) is 17.4 Å². The number of nitro benzene ring substituents is 1. The maximum Gasteiger partial charge on any atom is 0.289 e. The van der Waals surface area contributed by atoms with E-state index in [2.05, 4.69) is 4.72 Å². The Kier molecular flexibility index (Phi) is 3.69. The Morgan fingerprint density at radius 2 is 2.21 bits per heavy atom. The highest BCUT2D eigenvalue weighted by Crippen LogP contribution is 2.26. The van der Waals surface area contributed by atoms with Gasteiger partial charge in [0.1, 0.15) is 0 Å². The second-order valence-electron chi connectivity index (χ2n) is 4.17. The largest absolute Gasteiger partial charge is 0.399 e. The SMILES string of the molecule is Nc1ccc([N+](=O)[O-])c(S(=O)(=O)NC2CCOC2)c1. The average molecular weight is 287 g/mol. The number of nitrogens with zero attached hydrogens (tertiary/aromatic N) is 1. The van der Waals surface area contributed by atoms with E-state index < -0.39 is 25.5 Å². The zero-order chi connectivity index (χ0) is 14.0. The van der Waals surface area contributed by atoms with Crippen LogP contribution in [-0.2, 0) is 14.8 Å². The fourth-order valence-corrected chi connectivity index (χ4v) is 3.27. The monoisotopic (exact) mass is 287 g/mol. The van der Waals surface area contributed by atoms with Crippen LogP contribution >= 0.6 is 0 Å². The number of nitrogen functional groups attached to an aromatic ring is 1. The first-order valence-corrected chi connectivity index (χ1v) is 7.02. The van der Waals surface area contributed by atoms with Crippen molar-refractivity contribution < 1.29 is 18.1 Å². The van der Waals surface area contributed by atoms with E-state index in [-0.39, 0.29) is 18.3 Å². The first-order valence-electron chi connectivity index (χ1n) is 5.54. The number of ether oxygens (including phenoxy) is 1. The third kappa shape index (κ3) is 3.00. The number of nitro groups is 1. The van der Waals surface area contributed by atoms with Crippen LogP contribution in [0.15, 0.2) is 23.1 Å². The van der Waals surface area contributed by atoms with Crippen LogP contribution in [0.4, 0.5) is 11.4 Å². The second kappa shape index (κ2) is 5.11. The smallest absolute Gasteiger partial charge is 0.289 e. The van der Waals surface area contributed by atoms with Gasteiger partial charge in [-0.1, -0.05) is 0 Å². The predicted molar refractivity (Wildman–Crippen MR) is 67.1 cm³/mol. The molecule has 0 amide bonds. The molecule has 8 nitrogen and oxygen atoms in total. The van der Waals surface area contributed by atoms with Gasteiger partial charge in [0, 0.05) is 24.4 Å². The first-order chi connectivity index (χ1) is 8.90. The van der Waals surface area contributed by atoms with Gasteiger partial charge in [-0.05, 0) is 18.6 Å². The van der Waals surface area contributed by atoms with Crippen molar-refractivity contribution in [3.05, 3.63) is 28.3 Å². The lowest BCUT2D eigenvalue weighted by molar-refractivity contribution is -0.387. The number of anilines is 1. The van der Waals surface area contributed by atoms with Gasteiger partial charge in [-0.3, -0.25) is 10.1 Å². The Hall–Kier alpha value is -1.71. The first kappa shape index (κ1) is 13.7. The normalized spacial score (nSPS) is 19.5. The van der Waals surface area contributed by atoms with Gasteiger partial charge in [-0.25, -0.2) is 13.1 Å². The standard InChI is InChI=1S/C10H13N3O5S/c11-7-1-2-9(13(14)15)10(5-7)19(16,17)12-8-3-4-18-6-8/h1-2,5,8,12H,3-4,6,11H2. The molecule has 1 aromatic rings. The summed E-state index contributed by atoms with van der Waals surface area (Å²) in [4.78, 5) is 9.69. The number of nitrogens with one attached hydrogen (secondary N) is 1. The lowest BCUT2D eigenvalue weighted by Crippen LogP contribution is -2.35. The molecule has 2 rings (SSSR count). The number of hydrogen-bond donors (Lipinski definition) is 2. The topological polar surface area (TPSA) is 125 Å². The van der Waals surface area contributed by atoms with Crippen molar-refractivity contribution in [2.24, 2.45) is 0 Å². The van der Waals surface area contributed by atoms with Gasteiger partial charge in [-0.2, -0.15) is 0 Å². The molecule has 3 N–H and O–H groups in total. The fourth-order valence-electron chi connectivity index (χ4n) is 1.81. The summed E-state index contributed by atoms with van der Waals surface area (Å²) < 4.78 is 31.7. The number of nitrogens with two attached hydrogens (primary N) is 1. The summed E-state index contributed by atoms with van der Waals surface area (Å²) in [5, 5.41) is 10.9. The third-order valence-electron chi connectivity index (χ3n) is 2.72. The highest BCUT2D eigenvalue weighted by atomic mass is 32.2. The predicted octanol–water partition coefficient (Wildman–Crippen LogP) is 0.244. The summed E-state index contributed by atoms with van der Waals surface area (Å²) in [6.45, 7) is 0.724. The molecule has 0 radical (unpaired) electrons. The average Bonchev–Trinajstić information content (AvgIpc) is 2.80. The molecule has 1 saturated heterocycles. The van der Waals surface area contributed by atoms with Crippen LogP contribution in [0.1, 0.15) is 6.42 Å². The molecular formula is C10H13N3O5S. The molecule has 0 aromatic heterocycles. The fraction of sp³-hybridized carbons (Fsp3) is 0.400. The van der Waals surface area contributed by atoms with Gasteiger partial charge in [0.2, 0.25) is 10.0 Å². The Labute approximate surface area is 109 Å². The molecule has 1 fully saturated rings. The maximum absolute atomic E-state index is 12.1. The van der Waals surface area contributed by atoms with Crippen molar-refractivity contribution in [1.29, 1.82) is 0 Å². The molecule has 1 heterocycles. The van der Waals surface area contributed by atoms with E-state index in [1.54, 1.807) is 0 Å². The van der Waals surface area contributed by atoms with Crippen LogP contribution in [0.5, 0.6) is 0 Å². The van der Waals surface area contributed by atoms with Crippen LogP contribution in [0, 0.1) is 10.1 Å². The molecule has 1 aliphatic rings. The third-order valence-corrected chi connectivity index (χ3v) is 4.27. The minimum Gasteiger partial charge on any atom is -0.399 e. The van der Waals surface area contributed by atoms with Crippen LogP contribution in [0.25, 0.3) is 0 Å². The van der Waals surface area contributed by atoms with Crippen LogP contribution in [0.3, 0.4) is 0 Å². The number of sulfonamides is 1. The van der Waals surface area contributed by atoms with Crippen LogP contribution < -0.4 is 10.5 Å². The molecule has 0 aliphatic carbocycles. The van der Waals surface area contributed by atoms with Gasteiger partial charge in [0.15, 0.2) is 4.90 Å². The second-order valence-corrected chi connectivity index (χ2v) is 5.85. The molecule has 9 heteroatoms. The zero-order valence-corrected chi connectivity index (χ0v) is 10.7. The van der Waals surface area contributed by atoms with Gasteiger partial charge in [0.25, 0.3) is 5.69 Å². The lowest BCUT2D eigenvalue weighted by atomic mass is 10.3. The molecule has 0 spiro atoms. The van der Waals surface area contributed by atoms with Crippen LogP contribution in [-0.4, -0.2) is 32.6 Å². The summed E-state index contributed by atoms with van der Waals surface area (Å²) >= 11 is 0. The number of benzene rings is 1. The van der Waals surface area contributed by atoms with E-state index in [0.29, 0.717) is 13.0 Å². The van der Waals surface area contributed by atoms with Crippen molar-refractivity contribution in [2.75, 3.05) is 18.9 Å². The highest BCUT2D eigenvalue weighted by molar-refractivity contribution is 7.89. The van der Waals surface area contributed by atoms with Crippen molar-refractivity contribution in [3.8, 4) is 0 Å². The summed E-state index contributed by atoms with van der Waals surface area (Å²) in [6.07, 6.45) is 0.537. The van der Waals surface area contributed by atoms with E-state index in [9.17, 15) is 18.5 Å². The molecule has 104 valence electrons. The van der Waals surface area contributed by atoms with Gasteiger partial charge < -0.3 is 10.5 Å². The number of rotatable bonds is 4. The quantitative estimate of drug-likeness (QED) is 0.464. The number of hydrogen-bond acceptors (Lipinski definition) is 6. The summed E-state index contributed by atoms with van der Waals surface area (Å²) in [7, 11) is -3.99. The Morgan fingerprint density at radius 1 is 1.47 bits per heavy atom. The maximum atomic E-state index is 12.1.